The molecule has 106 valence electrons. The first-order valence-corrected chi connectivity index (χ1v) is 6.76. The molecule has 1 aromatic rings. The second-order valence-corrected chi connectivity index (χ2v) is 5.36. The quantitative estimate of drug-likeness (QED) is 0.729. The number of benzene rings is 1. The van der Waals surface area contributed by atoms with Gasteiger partial charge in [-0.3, -0.25) is 4.79 Å². The number of hydrogen-bond acceptors (Lipinski definition) is 3. The highest BCUT2D eigenvalue weighted by Gasteiger charge is 2.37. The van der Waals surface area contributed by atoms with Crippen LogP contribution in [0.25, 0.3) is 0 Å². The number of nitrogens with zero attached hydrogens (tertiary/aromatic N) is 2. The molecule has 3 rings (SSSR count). The van der Waals surface area contributed by atoms with E-state index in [1.165, 1.54) is 0 Å². The largest absolute Gasteiger partial charge is 0.398 e. The lowest BCUT2D eigenvalue weighted by molar-refractivity contribution is 0.0617. The van der Waals surface area contributed by atoms with Crippen molar-refractivity contribution in [3.63, 3.8) is 0 Å². The van der Waals surface area contributed by atoms with Gasteiger partial charge in [0.1, 0.15) is 0 Å². The second-order valence-electron chi connectivity index (χ2n) is 5.36. The molecule has 1 atom stereocenters. The molecule has 1 aromatic carbocycles. The number of nitrogens with two attached hydrogens (primary N) is 1. The van der Waals surface area contributed by atoms with Crippen LogP contribution in [0, 0.1) is 6.92 Å². The van der Waals surface area contributed by atoms with E-state index in [1.54, 1.807) is 21.9 Å². The van der Waals surface area contributed by atoms with Gasteiger partial charge in [-0.15, -0.1) is 0 Å². The van der Waals surface area contributed by atoms with E-state index < -0.39 is 0 Å². The number of hydrogen-bond donors (Lipinski definition) is 2. The Morgan fingerprint density at radius 1 is 1.40 bits per heavy atom. The van der Waals surface area contributed by atoms with Crippen molar-refractivity contribution < 1.29 is 9.59 Å². The van der Waals surface area contributed by atoms with Crippen LogP contribution in [0.15, 0.2) is 18.2 Å². The highest BCUT2D eigenvalue weighted by atomic mass is 16.2. The van der Waals surface area contributed by atoms with Crippen LogP contribution in [0.5, 0.6) is 0 Å². The van der Waals surface area contributed by atoms with Crippen LogP contribution >= 0.6 is 0 Å². The average Bonchev–Trinajstić information content (AvgIpc) is 2.82. The van der Waals surface area contributed by atoms with Gasteiger partial charge in [-0.2, -0.15) is 0 Å². The summed E-state index contributed by atoms with van der Waals surface area (Å²) in [6.07, 6.45) is 0. The number of nitrogens with one attached hydrogen (secondary N) is 1. The first-order valence-electron chi connectivity index (χ1n) is 6.76. The molecule has 0 bridgehead atoms. The number of carbonyl (C=O) groups excluding carboxylic acids is 2. The lowest BCUT2D eigenvalue weighted by atomic mass is 10.1. The Balaban J connectivity index is 1.75. The summed E-state index contributed by atoms with van der Waals surface area (Å²) in [6.45, 7) is 4.25. The Bertz CT molecular complexity index is 572. The lowest BCUT2D eigenvalue weighted by Gasteiger charge is -2.36. The molecule has 3 N–H and O–H groups in total. The molecule has 2 aliphatic rings. The van der Waals surface area contributed by atoms with Crippen molar-refractivity contribution in [2.24, 2.45) is 0 Å². The lowest BCUT2D eigenvalue weighted by Crippen LogP contribution is -2.53. The first-order chi connectivity index (χ1) is 9.56. The Morgan fingerprint density at radius 3 is 2.95 bits per heavy atom. The van der Waals surface area contributed by atoms with Crippen molar-refractivity contribution in [2.75, 3.05) is 31.9 Å². The number of piperazine rings is 1. The van der Waals surface area contributed by atoms with Gasteiger partial charge in [0.15, 0.2) is 0 Å². The maximum absolute atomic E-state index is 12.5. The number of anilines is 1. The number of urea groups is 1. The van der Waals surface area contributed by atoms with Crippen molar-refractivity contribution in [3.8, 4) is 0 Å². The van der Waals surface area contributed by atoms with Gasteiger partial charge in [0.25, 0.3) is 5.91 Å². The summed E-state index contributed by atoms with van der Waals surface area (Å²) >= 11 is 0. The Hall–Kier alpha value is -2.24. The summed E-state index contributed by atoms with van der Waals surface area (Å²) in [5.41, 5.74) is 8.07. The molecule has 2 heterocycles. The van der Waals surface area contributed by atoms with E-state index in [9.17, 15) is 9.59 Å². The van der Waals surface area contributed by atoms with Crippen LogP contribution < -0.4 is 11.1 Å². The third-order valence-corrected chi connectivity index (χ3v) is 4.05. The number of rotatable bonds is 1. The molecule has 6 nitrogen and oxygen atoms in total. The Morgan fingerprint density at radius 2 is 2.20 bits per heavy atom. The Labute approximate surface area is 117 Å². The monoisotopic (exact) mass is 274 g/mol. The van der Waals surface area contributed by atoms with Crippen LogP contribution in [0.3, 0.4) is 0 Å². The van der Waals surface area contributed by atoms with E-state index in [-0.39, 0.29) is 18.0 Å². The van der Waals surface area contributed by atoms with Crippen molar-refractivity contribution in [2.45, 2.75) is 13.0 Å². The molecule has 2 fully saturated rings. The summed E-state index contributed by atoms with van der Waals surface area (Å²) in [7, 11) is 0. The van der Waals surface area contributed by atoms with Crippen LogP contribution in [0.2, 0.25) is 0 Å². The van der Waals surface area contributed by atoms with Crippen LogP contribution in [0.4, 0.5) is 10.5 Å². The Kier molecular flexibility index (Phi) is 3.00. The molecule has 0 saturated carbocycles. The number of fused-ring (bicyclic) bond motifs is 1. The third-order valence-electron chi connectivity index (χ3n) is 4.05. The summed E-state index contributed by atoms with van der Waals surface area (Å²) in [5.74, 6) is -0.0179. The molecule has 0 spiro atoms. The highest BCUT2D eigenvalue weighted by Crippen LogP contribution is 2.19. The van der Waals surface area contributed by atoms with Crippen LogP contribution in [-0.2, 0) is 0 Å². The minimum Gasteiger partial charge on any atom is -0.398 e. The number of nitrogen functional groups attached to an aromatic ring is 1. The number of amides is 3. The van der Waals surface area contributed by atoms with E-state index >= 15 is 0 Å². The minimum atomic E-state index is -0.0262. The topological polar surface area (TPSA) is 78.7 Å². The van der Waals surface area contributed by atoms with Gasteiger partial charge >= 0.3 is 6.03 Å². The van der Waals surface area contributed by atoms with Crippen molar-refractivity contribution >= 4 is 17.6 Å². The fourth-order valence-corrected chi connectivity index (χ4v) is 2.74. The van der Waals surface area contributed by atoms with Crippen LogP contribution in [0.1, 0.15) is 15.9 Å². The van der Waals surface area contributed by atoms with Gasteiger partial charge < -0.3 is 20.9 Å². The molecule has 0 radical (unpaired) electrons. The van der Waals surface area contributed by atoms with E-state index in [0.717, 1.165) is 5.56 Å². The minimum absolute atomic E-state index is 0.0179. The van der Waals surface area contributed by atoms with Gasteiger partial charge in [0, 0.05) is 37.4 Å². The van der Waals surface area contributed by atoms with Crippen molar-refractivity contribution in [1.29, 1.82) is 0 Å². The zero-order chi connectivity index (χ0) is 14.3. The zero-order valence-corrected chi connectivity index (χ0v) is 11.4. The number of carbonyl (C=O) groups is 2. The molecular weight excluding hydrogens is 256 g/mol. The van der Waals surface area contributed by atoms with Gasteiger partial charge in [0.05, 0.1) is 6.04 Å². The molecule has 0 aliphatic carbocycles. The van der Waals surface area contributed by atoms with Gasteiger partial charge in [-0.1, -0.05) is 6.07 Å². The molecule has 1 unspecified atom stereocenters. The molecule has 2 aliphatic heterocycles. The fourth-order valence-electron chi connectivity index (χ4n) is 2.74. The normalized spacial score (nSPS) is 21.6. The van der Waals surface area contributed by atoms with E-state index in [4.69, 9.17) is 5.73 Å². The fraction of sp³-hybridized carbons (Fsp3) is 0.429. The third kappa shape index (κ3) is 2.07. The van der Waals surface area contributed by atoms with Gasteiger partial charge in [-0.25, -0.2) is 4.79 Å². The van der Waals surface area contributed by atoms with Crippen LogP contribution in [-0.4, -0.2) is 54.0 Å². The van der Waals surface area contributed by atoms with E-state index in [1.807, 2.05) is 13.0 Å². The molecular formula is C14H18N4O2. The average molecular weight is 274 g/mol. The summed E-state index contributed by atoms with van der Waals surface area (Å²) < 4.78 is 0. The van der Waals surface area contributed by atoms with E-state index in [2.05, 4.69) is 5.32 Å². The second kappa shape index (κ2) is 4.70. The van der Waals surface area contributed by atoms with Gasteiger partial charge in [-0.05, 0) is 24.6 Å². The number of aryl methyl sites for hydroxylation is 1. The maximum Gasteiger partial charge on any atom is 0.317 e. The van der Waals surface area contributed by atoms with Crippen molar-refractivity contribution in [3.05, 3.63) is 29.3 Å². The smallest absolute Gasteiger partial charge is 0.317 e. The summed E-state index contributed by atoms with van der Waals surface area (Å²) in [4.78, 5) is 27.6. The summed E-state index contributed by atoms with van der Waals surface area (Å²) in [5, 5.41) is 2.81. The molecule has 6 heteroatoms. The maximum atomic E-state index is 12.5. The standard InChI is InChI=1S/C14H18N4O2/c1-9-2-3-10(6-12(9)15)13(19)17-4-5-18-11(8-17)7-16-14(18)20/h2-3,6,11H,4-5,7-8,15H2,1H3,(H,16,20). The first kappa shape index (κ1) is 12.8. The molecule has 3 amide bonds. The van der Waals surface area contributed by atoms with E-state index in [0.29, 0.717) is 37.4 Å². The predicted molar refractivity (Wildman–Crippen MR) is 75.4 cm³/mol. The zero-order valence-electron chi connectivity index (χ0n) is 11.4. The predicted octanol–water partition coefficient (Wildman–Crippen LogP) is 0.427. The van der Waals surface area contributed by atoms with Gasteiger partial charge in [0.2, 0.25) is 0 Å². The molecule has 0 aromatic heterocycles. The van der Waals surface area contributed by atoms with Crippen molar-refractivity contribution in [1.82, 2.24) is 15.1 Å². The molecule has 2 saturated heterocycles. The summed E-state index contributed by atoms with van der Waals surface area (Å²) in [6, 6.07) is 5.45. The molecule has 20 heavy (non-hydrogen) atoms. The highest BCUT2D eigenvalue weighted by molar-refractivity contribution is 5.95. The SMILES string of the molecule is Cc1ccc(C(=O)N2CCN3C(=O)NCC3C2)cc1N.